The van der Waals surface area contributed by atoms with Crippen LogP contribution >= 0.6 is 0 Å². The highest BCUT2D eigenvalue weighted by molar-refractivity contribution is 4.89. The lowest BCUT2D eigenvalue weighted by Crippen LogP contribution is -2.17. The number of hydrogen-bond acceptors (Lipinski definition) is 4. The fourth-order valence-electron chi connectivity index (χ4n) is 0.624. The highest BCUT2D eigenvalue weighted by Crippen LogP contribution is 2.13. The van der Waals surface area contributed by atoms with Crippen LogP contribution in [0.25, 0.3) is 0 Å². The molecule has 1 aromatic heterocycles. The molecule has 0 fully saturated rings. The maximum atomic E-state index is 5.70. The van der Waals surface area contributed by atoms with Gasteiger partial charge in [0, 0.05) is 0 Å². The molecule has 1 aromatic rings. The highest BCUT2D eigenvalue weighted by Gasteiger charge is 2.13. The molecular weight excluding hydrogens is 130 g/mol. The van der Waals surface area contributed by atoms with Crippen molar-refractivity contribution >= 4 is 0 Å². The summed E-state index contributed by atoms with van der Waals surface area (Å²) >= 11 is 0. The SMILES string of the molecule is CC(C)C(N)c1ncon1. The molecule has 0 aromatic carbocycles. The Morgan fingerprint density at radius 2 is 2.30 bits per heavy atom. The van der Waals surface area contributed by atoms with Gasteiger partial charge in [0.25, 0.3) is 0 Å². The van der Waals surface area contributed by atoms with Crippen molar-refractivity contribution in [1.82, 2.24) is 10.1 Å². The molecule has 0 radical (unpaired) electrons. The molecule has 0 aliphatic carbocycles. The van der Waals surface area contributed by atoms with Crippen molar-refractivity contribution in [3.8, 4) is 0 Å². The Morgan fingerprint density at radius 1 is 1.60 bits per heavy atom. The predicted octanol–water partition coefficient (Wildman–Crippen LogP) is 0.725. The van der Waals surface area contributed by atoms with Gasteiger partial charge in [-0.05, 0) is 5.92 Å². The molecule has 0 amide bonds. The maximum Gasteiger partial charge on any atom is 0.213 e. The smallest absolute Gasteiger partial charge is 0.213 e. The van der Waals surface area contributed by atoms with Gasteiger partial charge in [0.2, 0.25) is 6.39 Å². The van der Waals surface area contributed by atoms with Crippen molar-refractivity contribution in [3.05, 3.63) is 12.2 Å². The fraction of sp³-hybridized carbons (Fsp3) is 0.667. The first-order chi connectivity index (χ1) is 4.72. The van der Waals surface area contributed by atoms with Crippen molar-refractivity contribution in [3.63, 3.8) is 0 Å². The van der Waals surface area contributed by atoms with Crippen LogP contribution < -0.4 is 5.73 Å². The Labute approximate surface area is 59.4 Å². The van der Waals surface area contributed by atoms with Crippen LogP contribution in [0, 0.1) is 5.92 Å². The quantitative estimate of drug-likeness (QED) is 0.659. The Hall–Kier alpha value is -0.900. The van der Waals surface area contributed by atoms with Crippen LogP contribution in [0.4, 0.5) is 0 Å². The third kappa shape index (κ3) is 1.33. The Balaban J connectivity index is 2.68. The van der Waals surface area contributed by atoms with Crippen LogP contribution in [0.1, 0.15) is 25.7 Å². The van der Waals surface area contributed by atoms with E-state index in [2.05, 4.69) is 14.7 Å². The summed E-state index contributed by atoms with van der Waals surface area (Å²) in [6.45, 7) is 4.03. The van der Waals surface area contributed by atoms with Gasteiger partial charge in [0.15, 0.2) is 5.82 Å². The molecule has 0 saturated heterocycles. The maximum absolute atomic E-state index is 5.70. The minimum atomic E-state index is -0.112. The lowest BCUT2D eigenvalue weighted by Gasteiger charge is -2.09. The molecule has 0 aliphatic heterocycles. The normalized spacial score (nSPS) is 14.0. The van der Waals surface area contributed by atoms with Crippen LogP contribution in [-0.2, 0) is 0 Å². The van der Waals surface area contributed by atoms with Crippen LogP contribution in [0.3, 0.4) is 0 Å². The molecule has 0 aliphatic rings. The third-order valence-corrected chi connectivity index (χ3v) is 1.39. The molecule has 0 saturated carbocycles. The van der Waals surface area contributed by atoms with Crippen molar-refractivity contribution in [1.29, 1.82) is 0 Å². The summed E-state index contributed by atoms with van der Waals surface area (Å²) < 4.78 is 4.54. The Bertz CT molecular complexity index is 183. The van der Waals surface area contributed by atoms with E-state index in [-0.39, 0.29) is 6.04 Å². The summed E-state index contributed by atoms with van der Waals surface area (Å²) in [5.74, 6) is 0.924. The van der Waals surface area contributed by atoms with Crippen molar-refractivity contribution in [2.24, 2.45) is 11.7 Å². The van der Waals surface area contributed by atoms with Crippen LogP contribution in [0.2, 0.25) is 0 Å². The number of rotatable bonds is 2. The second-order valence-electron chi connectivity index (χ2n) is 2.56. The van der Waals surface area contributed by atoms with E-state index in [9.17, 15) is 0 Å². The average molecular weight is 141 g/mol. The zero-order chi connectivity index (χ0) is 7.56. The summed E-state index contributed by atoms with van der Waals surface area (Å²) in [5, 5.41) is 3.63. The van der Waals surface area contributed by atoms with Crippen molar-refractivity contribution in [2.45, 2.75) is 19.9 Å². The van der Waals surface area contributed by atoms with E-state index in [1.54, 1.807) is 0 Å². The van der Waals surface area contributed by atoms with Gasteiger partial charge >= 0.3 is 0 Å². The van der Waals surface area contributed by atoms with E-state index in [4.69, 9.17) is 5.73 Å². The zero-order valence-corrected chi connectivity index (χ0v) is 6.11. The molecule has 56 valence electrons. The predicted molar refractivity (Wildman–Crippen MR) is 36.1 cm³/mol. The molecule has 1 unspecified atom stereocenters. The number of nitrogens with zero attached hydrogens (tertiary/aromatic N) is 2. The van der Waals surface area contributed by atoms with Gasteiger partial charge in [-0.3, -0.25) is 0 Å². The minimum Gasteiger partial charge on any atom is -0.343 e. The fourth-order valence-corrected chi connectivity index (χ4v) is 0.624. The summed E-state index contributed by atoms with van der Waals surface area (Å²) in [7, 11) is 0. The topological polar surface area (TPSA) is 64.9 Å². The average Bonchev–Trinajstić information content (AvgIpc) is 2.36. The molecule has 1 atom stereocenters. The summed E-state index contributed by atoms with van der Waals surface area (Å²) in [4.78, 5) is 3.83. The second-order valence-corrected chi connectivity index (χ2v) is 2.56. The minimum absolute atomic E-state index is 0.112. The van der Waals surface area contributed by atoms with Gasteiger partial charge in [-0.25, -0.2) is 0 Å². The molecule has 0 spiro atoms. The van der Waals surface area contributed by atoms with Gasteiger partial charge in [-0.2, -0.15) is 4.98 Å². The van der Waals surface area contributed by atoms with E-state index >= 15 is 0 Å². The lowest BCUT2D eigenvalue weighted by atomic mass is 10.1. The van der Waals surface area contributed by atoms with Gasteiger partial charge in [-0.15, -0.1) is 0 Å². The van der Waals surface area contributed by atoms with Gasteiger partial charge < -0.3 is 10.3 Å². The van der Waals surface area contributed by atoms with Crippen LogP contribution in [0.15, 0.2) is 10.9 Å². The van der Waals surface area contributed by atoms with Crippen molar-refractivity contribution < 1.29 is 4.52 Å². The highest BCUT2D eigenvalue weighted by atomic mass is 16.5. The molecule has 4 heteroatoms. The van der Waals surface area contributed by atoms with Gasteiger partial charge in [-0.1, -0.05) is 19.0 Å². The van der Waals surface area contributed by atoms with E-state index in [0.29, 0.717) is 11.7 Å². The number of nitrogens with two attached hydrogens (primary N) is 1. The molecule has 4 nitrogen and oxygen atoms in total. The summed E-state index contributed by atoms with van der Waals surface area (Å²) in [6, 6.07) is -0.112. The Morgan fingerprint density at radius 3 is 2.70 bits per heavy atom. The molecule has 10 heavy (non-hydrogen) atoms. The zero-order valence-electron chi connectivity index (χ0n) is 6.11. The largest absolute Gasteiger partial charge is 0.343 e. The van der Waals surface area contributed by atoms with Crippen molar-refractivity contribution in [2.75, 3.05) is 0 Å². The van der Waals surface area contributed by atoms with Crippen LogP contribution in [-0.4, -0.2) is 10.1 Å². The van der Waals surface area contributed by atoms with E-state index in [1.807, 2.05) is 13.8 Å². The summed E-state index contributed by atoms with van der Waals surface area (Å²) in [5.41, 5.74) is 5.70. The van der Waals surface area contributed by atoms with E-state index in [1.165, 1.54) is 6.39 Å². The molecule has 1 heterocycles. The lowest BCUT2D eigenvalue weighted by molar-refractivity contribution is 0.391. The van der Waals surface area contributed by atoms with E-state index in [0.717, 1.165) is 0 Å². The van der Waals surface area contributed by atoms with E-state index < -0.39 is 0 Å². The standard InChI is InChI=1S/C6H11N3O/c1-4(2)5(7)6-8-3-10-9-6/h3-5H,7H2,1-2H3. The van der Waals surface area contributed by atoms with Crippen LogP contribution in [0.5, 0.6) is 0 Å². The molecule has 2 N–H and O–H groups in total. The molecular formula is C6H11N3O. The summed E-state index contributed by atoms with van der Waals surface area (Å²) in [6.07, 6.45) is 1.29. The first-order valence-electron chi connectivity index (χ1n) is 3.23. The first kappa shape index (κ1) is 7.21. The first-order valence-corrected chi connectivity index (χ1v) is 3.23. The number of aromatic nitrogens is 2. The van der Waals surface area contributed by atoms with Gasteiger partial charge in [0.05, 0.1) is 6.04 Å². The monoisotopic (exact) mass is 141 g/mol. The molecule has 0 bridgehead atoms. The second kappa shape index (κ2) is 2.79. The third-order valence-electron chi connectivity index (χ3n) is 1.39. The number of hydrogen-bond donors (Lipinski definition) is 1. The Kier molecular flexibility index (Phi) is 2.01. The molecule has 1 rings (SSSR count). The van der Waals surface area contributed by atoms with Gasteiger partial charge in [0.1, 0.15) is 0 Å².